The van der Waals surface area contributed by atoms with Gasteiger partial charge in [-0.25, -0.2) is 4.98 Å². The molecule has 1 aromatic heterocycles. The second kappa shape index (κ2) is 8.82. The summed E-state index contributed by atoms with van der Waals surface area (Å²) in [6.07, 6.45) is 1.41. The van der Waals surface area contributed by atoms with E-state index >= 15 is 0 Å². The molecule has 0 aliphatic rings. The standard InChI is InChI=1S/C16H14Cl2N2O3S/c1-23-13-8-7-12(9-19-13)20-16(21)14(17)15(18)24(22)10-11-5-3-2-4-6-11/h2-9H,10H2,1H3,(H,20,21)/b15-14-. The van der Waals surface area contributed by atoms with Gasteiger partial charge >= 0.3 is 0 Å². The van der Waals surface area contributed by atoms with Crippen LogP contribution in [-0.2, 0) is 21.3 Å². The van der Waals surface area contributed by atoms with Crippen LogP contribution < -0.4 is 10.1 Å². The van der Waals surface area contributed by atoms with Gasteiger partial charge in [0.15, 0.2) is 0 Å². The monoisotopic (exact) mass is 384 g/mol. The summed E-state index contributed by atoms with van der Waals surface area (Å²) in [6, 6.07) is 12.3. The van der Waals surface area contributed by atoms with Crippen LogP contribution in [0.15, 0.2) is 58.1 Å². The van der Waals surface area contributed by atoms with Crippen LogP contribution in [0.3, 0.4) is 0 Å². The fourth-order valence-electron chi connectivity index (χ4n) is 1.74. The van der Waals surface area contributed by atoms with E-state index < -0.39 is 16.7 Å². The van der Waals surface area contributed by atoms with Crippen LogP contribution >= 0.6 is 23.2 Å². The fraction of sp³-hybridized carbons (Fsp3) is 0.125. The van der Waals surface area contributed by atoms with Crippen molar-refractivity contribution in [2.45, 2.75) is 5.75 Å². The number of nitrogens with zero attached hydrogens (tertiary/aromatic N) is 1. The molecule has 8 heteroatoms. The molecule has 2 aromatic rings. The van der Waals surface area contributed by atoms with Gasteiger partial charge in [0.05, 0.1) is 35.5 Å². The quantitative estimate of drug-likeness (QED) is 0.772. The van der Waals surface area contributed by atoms with E-state index in [1.807, 2.05) is 30.3 Å². The van der Waals surface area contributed by atoms with Gasteiger partial charge in [0.2, 0.25) is 5.88 Å². The number of amides is 1. The predicted octanol–water partition coefficient (Wildman–Crippen LogP) is 3.62. The summed E-state index contributed by atoms with van der Waals surface area (Å²) < 4.78 is 17.0. The number of carbonyl (C=O) groups excluding carboxylic acids is 1. The Morgan fingerprint density at radius 2 is 1.92 bits per heavy atom. The maximum atomic E-state index is 12.2. The molecule has 126 valence electrons. The second-order valence-electron chi connectivity index (χ2n) is 4.61. The highest BCUT2D eigenvalue weighted by Crippen LogP contribution is 2.22. The Labute approximate surface area is 152 Å². The highest BCUT2D eigenvalue weighted by atomic mass is 35.5. The molecule has 0 bridgehead atoms. The van der Waals surface area contributed by atoms with Crippen LogP contribution in [0.1, 0.15) is 5.56 Å². The molecule has 1 N–H and O–H groups in total. The fourth-order valence-corrected chi connectivity index (χ4v) is 3.21. The average molecular weight is 385 g/mol. The Balaban J connectivity index is 2.06. The largest absolute Gasteiger partial charge is 0.481 e. The van der Waals surface area contributed by atoms with Gasteiger partial charge in [0, 0.05) is 6.07 Å². The van der Waals surface area contributed by atoms with E-state index in [0.717, 1.165) is 5.56 Å². The lowest BCUT2D eigenvalue weighted by atomic mass is 10.2. The first-order valence-corrected chi connectivity index (χ1v) is 8.87. The summed E-state index contributed by atoms with van der Waals surface area (Å²) >= 11 is 11.9. The van der Waals surface area contributed by atoms with Crippen molar-refractivity contribution in [3.63, 3.8) is 0 Å². The molecule has 2 rings (SSSR count). The summed E-state index contributed by atoms with van der Waals surface area (Å²) in [6.45, 7) is 0. The minimum atomic E-state index is -1.61. The molecule has 1 aromatic carbocycles. The van der Waals surface area contributed by atoms with E-state index in [-0.39, 0.29) is 15.1 Å². The molecule has 1 heterocycles. The van der Waals surface area contributed by atoms with Crippen LogP contribution in [0.5, 0.6) is 5.88 Å². The maximum absolute atomic E-state index is 12.2. The van der Waals surface area contributed by atoms with Crippen molar-refractivity contribution in [2.24, 2.45) is 0 Å². The van der Waals surface area contributed by atoms with Gasteiger partial charge in [-0.1, -0.05) is 53.5 Å². The highest BCUT2D eigenvalue weighted by Gasteiger charge is 2.17. The summed E-state index contributed by atoms with van der Waals surface area (Å²) in [5.74, 6) is -0.0699. The van der Waals surface area contributed by atoms with E-state index in [1.54, 1.807) is 12.1 Å². The zero-order valence-corrected chi connectivity index (χ0v) is 15.0. The molecule has 0 saturated carbocycles. The van der Waals surface area contributed by atoms with E-state index in [2.05, 4.69) is 10.3 Å². The zero-order chi connectivity index (χ0) is 17.5. The van der Waals surface area contributed by atoms with Gasteiger partial charge in [-0.3, -0.25) is 9.00 Å². The smallest absolute Gasteiger partial charge is 0.269 e. The van der Waals surface area contributed by atoms with Crippen molar-refractivity contribution in [1.29, 1.82) is 0 Å². The van der Waals surface area contributed by atoms with Gasteiger partial charge in [-0.15, -0.1) is 0 Å². The van der Waals surface area contributed by atoms with Crippen LogP contribution in [-0.4, -0.2) is 22.2 Å². The van der Waals surface area contributed by atoms with Crippen LogP contribution in [0, 0.1) is 0 Å². The summed E-state index contributed by atoms with van der Waals surface area (Å²) in [5, 5.41) is 2.21. The number of rotatable bonds is 6. The molecule has 1 atom stereocenters. The third kappa shape index (κ3) is 5.06. The van der Waals surface area contributed by atoms with E-state index in [1.165, 1.54) is 13.3 Å². The average Bonchev–Trinajstić information content (AvgIpc) is 2.61. The predicted molar refractivity (Wildman–Crippen MR) is 96.4 cm³/mol. The van der Waals surface area contributed by atoms with Gasteiger partial charge in [0.25, 0.3) is 5.91 Å². The lowest BCUT2D eigenvalue weighted by molar-refractivity contribution is -0.112. The first kappa shape index (κ1) is 18.4. The topological polar surface area (TPSA) is 68.3 Å². The first-order chi connectivity index (χ1) is 11.5. The van der Waals surface area contributed by atoms with Crippen molar-refractivity contribution in [3.05, 3.63) is 63.6 Å². The number of anilines is 1. The Morgan fingerprint density at radius 1 is 1.21 bits per heavy atom. The van der Waals surface area contributed by atoms with Crippen LogP contribution in [0.2, 0.25) is 0 Å². The van der Waals surface area contributed by atoms with Crippen molar-refractivity contribution >= 4 is 45.6 Å². The zero-order valence-electron chi connectivity index (χ0n) is 12.7. The molecule has 24 heavy (non-hydrogen) atoms. The van der Waals surface area contributed by atoms with E-state index in [0.29, 0.717) is 11.6 Å². The third-order valence-corrected chi connectivity index (χ3v) is 5.39. The van der Waals surface area contributed by atoms with Gasteiger partial charge in [0.1, 0.15) is 9.40 Å². The van der Waals surface area contributed by atoms with E-state index in [4.69, 9.17) is 27.9 Å². The molecule has 0 radical (unpaired) electrons. The van der Waals surface area contributed by atoms with E-state index in [9.17, 15) is 9.00 Å². The molecular formula is C16H14Cl2N2O3S. The van der Waals surface area contributed by atoms with Crippen LogP contribution in [0.4, 0.5) is 5.69 Å². The Hall–Kier alpha value is -1.89. The summed E-state index contributed by atoms with van der Waals surface area (Å²) in [7, 11) is -0.125. The SMILES string of the molecule is COc1ccc(NC(=O)/C(Cl)=C(\Cl)S(=O)Cc2ccccc2)cn1. The van der Waals surface area contributed by atoms with Crippen LogP contribution in [0.25, 0.3) is 0 Å². The number of ether oxygens (including phenoxy) is 1. The maximum Gasteiger partial charge on any atom is 0.269 e. The number of hydrogen-bond donors (Lipinski definition) is 1. The Morgan fingerprint density at radius 3 is 2.50 bits per heavy atom. The molecule has 0 spiro atoms. The number of benzene rings is 1. The molecule has 1 unspecified atom stereocenters. The minimum Gasteiger partial charge on any atom is -0.481 e. The van der Waals surface area contributed by atoms with Gasteiger partial charge in [-0.05, 0) is 11.6 Å². The first-order valence-electron chi connectivity index (χ1n) is 6.80. The number of carbonyl (C=O) groups is 1. The molecule has 0 aliphatic heterocycles. The van der Waals surface area contributed by atoms with Crippen molar-refractivity contribution < 1.29 is 13.7 Å². The number of pyridine rings is 1. The Kier molecular flexibility index (Phi) is 6.78. The molecular weight excluding hydrogens is 371 g/mol. The molecule has 0 aliphatic carbocycles. The normalized spacial score (nSPS) is 13.0. The highest BCUT2D eigenvalue weighted by molar-refractivity contribution is 7.90. The lowest BCUT2D eigenvalue weighted by Gasteiger charge is -2.07. The summed E-state index contributed by atoms with van der Waals surface area (Å²) in [4.78, 5) is 16.0. The van der Waals surface area contributed by atoms with Crippen molar-refractivity contribution in [3.8, 4) is 5.88 Å². The van der Waals surface area contributed by atoms with Crippen molar-refractivity contribution in [2.75, 3.05) is 12.4 Å². The molecule has 0 saturated heterocycles. The third-order valence-electron chi connectivity index (χ3n) is 2.92. The number of aromatic nitrogens is 1. The van der Waals surface area contributed by atoms with Gasteiger partial charge in [-0.2, -0.15) is 0 Å². The number of halogens is 2. The van der Waals surface area contributed by atoms with Crippen molar-refractivity contribution in [1.82, 2.24) is 4.98 Å². The van der Waals surface area contributed by atoms with Gasteiger partial charge < -0.3 is 10.1 Å². The summed E-state index contributed by atoms with van der Waals surface area (Å²) in [5.41, 5.74) is 1.25. The molecule has 0 fully saturated rings. The molecule has 1 amide bonds. The lowest BCUT2D eigenvalue weighted by Crippen LogP contribution is -2.14. The minimum absolute atomic E-state index is 0.174. The Bertz CT molecular complexity index is 765. The number of hydrogen-bond acceptors (Lipinski definition) is 4. The second-order valence-corrected chi connectivity index (χ2v) is 6.97. The number of methoxy groups -OCH3 is 1. The molecule has 5 nitrogen and oxygen atoms in total. The number of nitrogens with one attached hydrogen (secondary N) is 1.